The maximum Gasteiger partial charge on any atom is 0.0757 e. The minimum absolute atomic E-state index is 0.0684. The molecule has 6 aliphatic rings. The fraction of sp³-hybridized carbons (Fsp3) is 0.926. The quantitative estimate of drug-likeness (QED) is 0.511. The van der Waals surface area contributed by atoms with E-state index in [1.807, 2.05) is 0 Å². The number of nitrogens with one attached hydrogen (secondary N) is 1. The van der Waals surface area contributed by atoms with Gasteiger partial charge in [0, 0.05) is 12.0 Å². The molecule has 2 saturated heterocycles. The second kappa shape index (κ2) is 7.04. The van der Waals surface area contributed by atoms with E-state index in [1.54, 1.807) is 0 Å². The van der Waals surface area contributed by atoms with Gasteiger partial charge in [-0.05, 0) is 92.4 Å². The second-order valence-electron chi connectivity index (χ2n) is 12.7. The smallest absolute Gasteiger partial charge is 0.0757 e. The number of piperidine rings is 1. The average molecular weight is 430 g/mol. The lowest BCUT2D eigenvalue weighted by atomic mass is 9.56. The molecule has 4 nitrogen and oxygen atoms in total. The number of fused-ring (bicyclic) bond motifs is 6. The van der Waals surface area contributed by atoms with Gasteiger partial charge in [-0.1, -0.05) is 39.3 Å². The summed E-state index contributed by atoms with van der Waals surface area (Å²) in [6, 6.07) is 0.474. The predicted molar refractivity (Wildman–Crippen MR) is 121 cm³/mol. The SMILES string of the molecule is C[C@@H]1CN[C@H]2[C@@H](C)[C@@]3(CC[C@H]4[C@@H]5CC=C6C[C@@H](O)CC[C@]6(C)[C@H]5[C@@H](O)[C@@H]4[C@H]3C)O[C@@H]2C1. The van der Waals surface area contributed by atoms with Crippen LogP contribution < -0.4 is 5.32 Å². The van der Waals surface area contributed by atoms with Crippen LogP contribution in [-0.4, -0.2) is 46.7 Å². The summed E-state index contributed by atoms with van der Waals surface area (Å²) in [5, 5.41) is 26.0. The van der Waals surface area contributed by atoms with E-state index in [1.165, 1.54) is 18.4 Å². The zero-order valence-corrected chi connectivity index (χ0v) is 19.9. The van der Waals surface area contributed by atoms with Crippen LogP contribution in [-0.2, 0) is 4.74 Å². The van der Waals surface area contributed by atoms with Crippen molar-refractivity contribution in [2.75, 3.05) is 6.54 Å². The molecular formula is C27H43NO3. The molecule has 0 unspecified atom stereocenters. The van der Waals surface area contributed by atoms with Crippen LogP contribution >= 0.6 is 0 Å². The van der Waals surface area contributed by atoms with Crippen molar-refractivity contribution in [3.63, 3.8) is 0 Å². The third kappa shape index (κ3) is 2.74. The first kappa shape index (κ1) is 21.1. The summed E-state index contributed by atoms with van der Waals surface area (Å²) in [7, 11) is 0. The van der Waals surface area contributed by atoms with Gasteiger partial charge < -0.3 is 20.3 Å². The number of aliphatic hydroxyl groups excluding tert-OH is 2. The van der Waals surface area contributed by atoms with E-state index in [4.69, 9.17) is 4.74 Å². The Bertz CT molecular complexity index is 768. The predicted octanol–water partition coefficient (Wildman–Crippen LogP) is 3.91. The van der Waals surface area contributed by atoms with Gasteiger partial charge in [0.25, 0.3) is 0 Å². The summed E-state index contributed by atoms with van der Waals surface area (Å²) < 4.78 is 7.02. The normalized spacial score (nSPS) is 60.7. The Kier molecular flexibility index (Phi) is 4.80. The topological polar surface area (TPSA) is 61.7 Å². The van der Waals surface area contributed by atoms with Crippen molar-refractivity contribution in [1.82, 2.24) is 5.32 Å². The lowest BCUT2D eigenvalue weighted by Gasteiger charge is -2.49. The molecule has 13 atom stereocenters. The number of hydrogen-bond donors (Lipinski definition) is 3. The molecule has 6 rings (SSSR count). The van der Waals surface area contributed by atoms with Crippen molar-refractivity contribution in [2.24, 2.45) is 46.8 Å². The van der Waals surface area contributed by atoms with Gasteiger partial charge in [-0.2, -0.15) is 0 Å². The number of ether oxygens (including phenoxy) is 1. The molecule has 0 bridgehead atoms. The molecule has 5 fully saturated rings. The molecule has 3 saturated carbocycles. The van der Waals surface area contributed by atoms with E-state index < -0.39 is 0 Å². The van der Waals surface area contributed by atoms with Crippen molar-refractivity contribution < 1.29 is 14.9 Å². The Balaban J connectivity index is 1.31. The molecule has 31 heavy (non-hydrogen) atoms. The summed E-state index contributed by atoms with van der Waals surface area (Å²) >= 11 is 0. The molecule has 3 N–H and O–H groups in total. The van der Waals surface area contributed by atoms with Crippen LogP contribution in [0.2, 0.25) is 0 Å². The van der Waals surface area contributed by atoms with Crippen molar-refractivity contribution in [3.05, 3.63) is 11.6 Å². The van der Waals surface area contributed by atoms with Gasteiger partial charge in [0.05, 0.1) is 23.9 Å². The highest BCUT2D eigenvalue weighted by Gasteiger charge is 2.67. The molecule has 4 aliphatic carbocycles. The van der Waals surface area contributed by atoms with Crippen molar-refractivity contribution in [1.29, 1.82) is 0 Å². The van der Waals surface area contributed by atoms with Crippen LogP contribution in [0.5, 0.6) is 0 Å². The fourth-order valence-corrected chi connectivity index (χ4v) is 9.90. The number of allylic oxidation sites excluding steroid dienone is 1. The minimum Gasteiger partial charge on any atom is -0.393 e. The summed E-state index contributed by atoms with van der Waals surface area (Å²) in [6.45, 7) is 10.7. The Morgan fingerprint density at radius 3 is 2.68 bits per heavy atom. The van der Waals surface area contributed by atoms with Gasteiger partial charge in [-0.15, -0.1) is 0 Å². The summed E-state index contributed by atoms with van der Waals surface area (Å²) in [6.07, 6.45) is 9.72. The Morgan fingerprint density at radius 2 is 1.87 bits per heavy atom. The molecule has 1 spiro atoms. The van der Waals surface area contributed by atoms with Crippen LogP contribution in [0, 0.1) is 46.8 Å². The molecule has 174 valence electrons. The lowest BCUT2D eigenvalue weighted by Crippen LogP contribution is -2.54. The molecule has 0 aromatic rings. The standard InChI is InChI=1S/C27H43NO3/c1-14-11-21-24(28-13-14)16(3)27(31-21)10-8-19-20-6-5-17-12-18(29)7-9-26(17,4)23(20)25(30)22(19)15(27)2/h5,14-16,18-25,28-30H,6-13H2,1-4H3/t14-,15+,16+,18-,19-,20-,21+,22+,23+,24-,25-,26-,27-/m0/s1. The molecule has 0 aromatic heterocycles. The van der Waals surface area contributed by atoms with Gasteiger partial charge in [0.1, 0.15) is 0 Å². The van der Waals surface area contributed by atoms with Crippen molar-refractivity contribution in [2.45, 2.75) is 103 Å². The van der Waals surface area contributed by atoms with Crippen LogP contribution in [0.15, 0.2) is 11.6 Å². The van der Waals surface area contributed by atoms with Crippen molar-refractivity contribution in [3.8, 4) is 0 Å². The average Bonchev–Trinajstić information content (AvgIpc) is 3.18. The lowest BCUT2D eigenvalue weighted by molar-refractivity contribution is -0.154. The van der Waals surface area contributed by atoms with E-state index in [9.17, 15) is 10.2 Å². The molecule has 0 amide bonds. The van der Waals surface area contributed by atoms with E-state index in [2.05, 4.69) is 39.1 Å². The van der Waals surface area contributed by atoms with E-state index in [0.29, 0.717) is 53.6 Å². The van der Waals surface area contributed by atoms with Crippen LogP contribution in [0.1, 0.15) is 72.6 Å². The van der Waals surface area contributed by atoms with E-state index in [-0.39, 0.29) is 23.2 Å². The first-order chi connectivity index (χ1) is 14.8. The van der Waals surface area contributed by atoms with E-state index >= 15 is 0 Å². The van der Waals surface area contributed by atoms with Gasteiger partial charge in [-0.25, -0.2) is 0 Å². The zero-order chi connectivity index (χ0) is 21.7. The van der Waals surface area contributed by atoms with Gasteiger partial charge in [-0.3, -0.25) is 0 Å². The second-order valence-corrected chi connectivity index (χ2v) is 12.7. The molecule has 0 radical (unpaired) electrons. The zero-order valence-electron chi connectivity index (χ0n) is 19.9. The summed E-state index contributed by atoms with van der Waals surface area (Å²) in [4.78, 5) is 0. The molecular weight excluding hydrogens is 386 g/mol. The molecule has 2 heterocycles. The third-order valence-electron chi connectivity index (χ3n) is 11.5. The summed E-state index contributed by atoms with van der Waals surface area (Å²) in [5.41, 5.74) is 1.42. The van der Waals surface area contributed by atoms with Gasteiger partial charge >= 0.3 is 0 Å². The molecule has 4 heteroatoms. The number of hydrogen-bond acceptors (Lipinski definition) is 4. The highest BCUT2D eigenvalue weighted by molar-refractivity contribution is 5.28. The third-order valence-corrected chi connectivity index (χ3v) is 11.5. The maximum absolute atomic E-state index is 11.9. The first-order valence-electron chi connectivity index (χ1n) is 13.2. The highest BCUT2D eigenvalue weighted by atomic mass is 16.5. The van der Waals surface area contributed by atoms with Gasteiger partial charge in [0.15, 0.2) is 0 Å². The van der Waals surface area contributed by atoms with Crippen LogP contribution in [0.4, 0.5) is 0 Å². The molecule has 0 aromatic carbocycles. The number of rotatable bonds is 0. The Morgan fingerprint density at radius 1 is 1.06 bits per heavy atom. The van der Waals surface area contributed by atoms with E-state index in [0.717, 1.165) is 38.6 Å². The molecule has 2 aliphatic heterocycles. The Labute approximate surface area is 188 Å². The fourth-order valence-electron chi connectivity index (χ4n) is 9.90. The Hall–Kier alpha value is -0.420. The highest BCUT2D eigenvalue weighted by Crippen LogP contribution is 2.66. The monoisotopic (exact) mass is 429 g/mol. The largest absolute Gasteiger partial charge is 0.393 e. The number of aliphatic hydroxyl groups is 2. The first-order valence-corrected chi connectivity index (χ1v) is 13.2. The maximum atomic E-state index is 11.9. The van der Waals surface area contributed by atoms with Crippen molar-refractivity contribution >= 4 is 0 Å². The van der Waals surface area contributed by atoms with Gasteiger partial charge in [0.2, 0.25) is 0 Å². The van der Waals surface area contributed by atoms with Crippen LogP contribution in [0.3, 0.4) is 0 Å². The minimum atomic E-state index is -0.239. The summed E-state index contributed by atoms with van der Waals surface area (Å²) in [5.74, 6) is 3.50. The van der Waals surface area contributed by atoms with Crippen LogP contribution in [0.25, 0.3) is 0 Å².